The Hall–Kier alpha value is 0.0600. The molecule has 18 heavy (non-hydrogen) atoms. The Bertz CT molecular complexity index is 387. The molecule has 0 heterocycles. The summed E-state index contributed by atoms with van der Waals surface area (Å²) in [6.45, 7) is 3.49. The van der Waals surface area contributed by atoms with Crippen molar-refractivity contribution in [3.05, 3.63) is 32.7 Å². The van der Waals surface area contributed by atoms with Gasteiger partial charge in [-0.05, 0) is 63.5 Å². The van der Waals surface area contributed by atoms with Gasteiger partial charge in [-0.25, -0.2) is 0 Å². The molecular weight excluding hydrogens is 360 g/mol. The van der Waals surface area contributed by atoms with Crippen molar-refractivity contribution in [3.63, 3.8) is 0 Å². The Morgan fingerprint density at radius 2 is 2.00 bits per heavy atom. The minimum absolute atomic E-state index is 0.197. The number of halogens is 2. The quantitative estimate of drug-likeness (QED) is 0.824. The van der Waals surface area contributed by atoms with Gasteiger partial charge in [0, 0.05) is 35.2 Å². The third-order valence-corrected chi connectivity index (χ3v) is 4.91. The molecule has 2 unspecified atom stereocenters. The summed E-state index contributed by atoms with van der Waals surface area (Å²) in [6.07, 6.45) is 0.197. The standard InChI is InChI=1S/C13H20Br2N2O/c1-9(18-3)8-17(2)13(7-16)10-4-5-11(14)12(15)6-10/h4-6,9,13H,7-8,16H2,1-3H3. The van der Waals surface area contributed by atoms with E-state index in [0.29, 0.717) is 6.54 Å². The highest BCUT2D eigenvalue weighted by Gasteiger charge is 2.18. The predicted octanol–water partition coefficient (Wildman–Crippen LogP) is 3.18. The molecule has 0 aromatic heterocycles. The fraction of sp³-hybridized carbons (Fsp3) is 0.538. The van der Waals surface area contributed by atoms with Crippen LogP contribution < -0.4 is 5.73 Å². The predicted molar refractivity (Wildman–Crippen MR) is 82.7 cm³/mol. The molecule has 0 amide bonds. The Morgan fingerprint density at radius 3 is 2.50 bits per heavy atom. The van der Waals surface area contributed by atoms with E-state index in [9.17, 15) is 0 Å². The summed E-state index contributed by atoms with van der Waals surface area (Å²) in [5.41, 5.74) is 7.11. The lowest BCUT2D eigenvalue weighted by Crippen LogP contribution is -2.35. The van der Waals surface area contributed by atoms with Crippen LogP contribution in [-0.2, 0) is 4.74 Å². The third-order valence-electron chi connectivity index (χ3n) is 3.03. The van der Waals surface area contributed by atoms with Crippen LogP contribution in [0.25, 0.3) is 0 Å². The summed E-state index contributed by atoms with van der Waals surface area (Å²) in [5.74, 6) is 0. The molecule has 0 fully saturated rings. The van der Waals surface area contributed by atoms with Gasteiger partial charge in [0.25, 0.3) is 0 Å². The molecule has 0 bridgehead atoms. The maximum absolute atomic E-state index is 5.90. The molecule has 0 aliphatic heterocycles. The summed E-state index contributed by atoms with van der Waals surface area (Å²) in [5, 5.41) is 0. The van der Waals surface area contributed by atoms with Gasteiger partial charge in [-0.1, -0.05) is 6.07 Å². The van der Waals surface area contributed by atoms with Crippen molar-refractivity contribution >= 4 is 31.9 Å². The van der Waals surface area contributed by atoms with E-state index in [-0.39, 0.29) is 12.1 Å². The highest BCUT2D eigenvalue weighted by atomic mass is 79.9. The van der Waals surface area contributed by atoms with E-state index in [2.05, 4.69) is 62.9 Å². The number of methoxy groups -OCH3 is 1. The Kier molecular flexibility index (Phi) is 6.81. The summed E-state index contributed by atoms with van der Waals surface area (Å²) >= 11 is 7.00. The van der Waals surface area contributed by atoms with E-state index in [1.54, 1.807) is 7.11 Å². The second-order valence-corrected chi connectivity index (χ2v) is 6.12. The number of nitrogens with two attached hydrogens (primary N) is 1. The van der Waals surface area contributed by atoms with Gasteiger partial charge >= 0.3 is 0 Å². The molecule has 0 aliphatic carbocycles. The minimum atomic E-state index is 0.197. The molecule has 1 aromatic rings. The van der Waals surface area contributed by atoms with Gasteiger partial charge in [-0.2, -0.15) is 0 Å². The lowest BCUT2D eigenvalue weighted by atomic mass is 10.1. The van der Waals surface area contributed by atoms with E-state index in [4.69, 9.17) is 10.5 Å². The number of nitrogens with zero attached hydrogens (tertiary/aromatic N) is 1. The second kappa shape index (κ2) is 7.60. The topological polar surface area (TPSA) is 38.5 Å². The summed E-state index contributed by atoms with van der Waals surface area (Å²) in [6, 6.07) is 6.44. The van der Waals surface area contributed by atoms with Crippen LogP contribution in [0.4, 0.5) is 0 Å². The average molecular weight is 380 g/mol. The van der Waals surface area contributed by atoms with Crippen molar-refractivity contribution in [2.24, 2.45) is 5.73 Å². The zero-order valence-corrected chi connectivity index (χ0v) is 14.2. The summed E-state index contributed by atoms with van der Waals surface area (Å²) < 4.78 is 7.39. The van der Waals surface area contributed by atoms with Gasteiger partial charge in [0.15, 0.2) is 0 Å². The van der Waals surface area contributed by atoms with Crippen LogP contribution in [0.1, 0.15) is 18.5 Å². The normalized spacial score (nSPS) is 14.8. The first-order valence-corrected chi connectivity index (χ1v) is 7.46. The lowest BCUT2D eigenvalue weighted by Gasteiger charge is -2.29. The van der Waals surface area contributed by atoms with Gasteiger partial charge in [0.2, 0.25) is 0 Å². The van der Waals surface area contributed by atoms with E-state index in [0.717, 1.165) is 15.5 Å². The smallest absolute Gasteiger partial charge is 0.0670 e. The van der Waals surface area contributed by atoms with Crippen molar-refractivity contribution in [2.75, 3.05) is 27.2 Å². The minimum Gasteiger partial charge on any atom is -0.380 e. The van der Waals surface area contributed by atoms with Gasteiger partial charge in [0.1, 0.15) is 0 Å². The Morgan fingerprint density at radius 1 is 1.33 bits per heavy atom. The van der Waals surface area contributed by atoms with Crippen LogP contribution in [0.2, 0.25) is 0 Å². The van der Waals surface area contributed by atoms with Crippen LogP contribution in [-0.4, -0.2) is 38.3 Å². The Labute approximate surface area is 126 Å². The van der Waals surface area contributed by atoms with Crippen LogP contribution in [0, 0.1) is 0 Å². The third kappa shape index (κ3) is 4.31. The fourth-order valence-electron chi connectivity index (χ4n) is 1.90. The molecule has 1 rings (SSSR count). The maximum Gasteiger partial charge on any atom is 0.0670 e. The summed E-state index contributed by atoms with van der Waals surface area (Å²) in [4.78, 5) is 2.23. The van der Waals surface area contributed by atoms with Crippen molar-refractivity contribution < 1.29 is 4.74 Å². The van der Waals surface area contributed by atoms with Crippen molar-refractivity contribution in [1.82, 2.24) is 4.90 Å². The molecule has 1 aromatic carbocycles. The lowest BCUT2D eigenvalue weighted by molar-refractivity contribution is 0.0725. The first kappa shape index (κ1) is 16.1. The van der Waals surface area contributed by atoms with Gasteiger partial charge in [0.05, 0.1) is 6.10 Å². The zero-order valence-electron chi connectivity index (χ0n) is 11.0. The first-order chi connectivity index (χ1) is 8.49. The van der Waals surface area contributed by atoms with Gasteiger partial charge in [-0.15, -0.1) is 0 Å². The molecule has 5 heteroatoms. The summed E-state index contributed by atoms with van der Waals surface area (Å²) in [7, 11) is 3.80. The monoisotopic (exact) mass is 378 g/mol. The van der Waals surface area contributed by atoms with E-state index < -0.39 is 0 Å². The number of hydrogen-bond donors (Lipinski definition) is 1. The average Bonchev–Trinajstić information content (AvgIpc) is 2.34. The van der Waals surface area contributed by atoms with Gasteiger partial charge < -0.3 is 10.5 Å². The van der Waals surface area contributed by atoms with E-state index in [1.165, 1.54) is 5.56 Å². The molecule has 0 saturated heterocycles. The van der Waals surface area contributed by atoms with Crippen molar-refractivity contribution in [3.8, 4) is 0 Å². The number of ether oxygens (including phenoxy) is 1. The molecule has 2 N–H and O–H groups in total. The van der Waals surface area contributed by atoms with E-state index in [1.807, 2.05) is 6.07 Å². The SMILES string of the molecule is COC(C)CN(C)C(CN)c1ccc(Br)c(Br)c1. The molecule has 0 spiro atoms. The zero-order chi connectivity index (χ0) is 13.7. The number of likely N-dealkylation sites (N-methyl/N-ethyl adjacent to an activating group) is 1. The van der Waals surface area contributed by atoms with Crippen molar-refractivity contribution in [2.45, 2.75) is 19.1 Å². The fourth-order valence-corrected chi connectivity index (χ4v) is 2.54. The van der Waals surface area contributed by atoms with Gasteiger partial charge in [-0.3, -0.25) is 4.90 Å². The van der Waals surface area contributed by atoms with Crippen molar-refractivity contribution in [1.29, 1.82) is 0 Å². The van der Waals surface area contributed by atoms with Crippen LogP contribution in [0.3, 0.4) is 0 Å². The second-order valence-electron chi connectivity index (χ2n) is 4.41. The molecule has 0 aliphatic rings. The molecular formula is C13H20Br2N2O. The highest BCUT2D eigenvalue weighted by molar-refractivity contribution is 9.13. The molecule has 0 radical (unpaired) electrons. The number of benzene rings is 1. The molecule has 102 valence electrons. The number of hydrogen-bond acceptors (Lipinski definition) is 3. The van der Waals surface area contributed by atoms with Crippen LogP contribution >= 0.6 is 31.9 Å². The maximum atomic E-state index is 5.90. The first-order valence-electron chi connectivity index (χ1n) is 5.87. The van der Waals surface area contributed by atoms with Crippen LogP contribution in [0.15, 0.2) is 27.1 Å². The highest BCUT2D eigenvalue weighted by Crippen LogP contribution is 2.28. The van der Waals surface area contributed by atoms with E-state index >= 15 is 0 Å². The van der Waals surface area contributed by atoms with Crippen LogP contribution in [0.5, 0.6) is 0 Å². The number of rotatable bonds is 6. The molecule has 2 atom stereocenters. The molecule has 3 nitrogen and oxygen atoms in total. The largest absolute Gasteiger partial charge is 0.380 e. The molecule has 0 saturated carbocycles. The Balaban J connectivity index is 2.84.